The lowest BCUT2D eigenvalue weighted by Gasteiger charge is -2.32. The Morgan fingerprint density at radius 2 is 1.79 bits per heavy atom. The quantitative estimate of drug-likeness (QED) is 0.649. The van der Waals surface area contributed by atoms with E-state index in [0.717, 1.165) is 39.3 Å². The standard InChI is InChI=1S/C8H16N4.2ClH/c1-11-5-4-10-8(11)12-6-2-9-3-7-12;;/h9H,2-7H2,1H3;2*1H. The van der Waals surface area contributed by atoms with Gasteiger partial charge in [0.05, 0.1) is 6.54 Å². The summed E-state index contributed by atoms with van der Waals surface area (Å²) in [6.45, 7) is 6.43. The highest BCUT2D eigenvalue weighted by Gasteiger charge is 2.20. The summed E-state index contributed by atoms with van der Waals surface area (Å²) in [6.07, 6.45) is 0. The Hall–Kier alpha value is -0.190. The molecule has 0 aromatic rings. The summed E-state index contributed by atoms with van der Waals surface area (Å²) in [5.41, 5.74) is 0. The highest BCUT2D eigenvalue weighted by atomic mass is 35.5. The van der Waals surface area contributed by atoms with Crippen LogP contribution in [0.25, 0.3) is 0 Å². The van der Waals surface area contributed by atoms with Crippen LogP contribution in [-0.2, 0) is 0 Å². The number of piperazine rings is 1. The van der Waals surface area contributed by atoms with E-state index < -0.39 is 0 Å². The third kappa shape index (κ3) is 2.90. The van der Waals surface area contributed by atoms with Crippen molar-refractivity contribution in [1.29, 1.82) is 0 Å². The van der Waals surface area contributed by atoms with Crippen LogP contribution in [0, 0.1) is 0 Å². The number of rotatable bonds is 0. The van der Waals surface area contributed by atoms with E-state index in [9.17, 15) is 0 Å². The molecule has 0 amide bonds. The molecule has 2 rings (SSSR count). The maximum atomic E-state index is 4.48. The second-order valence-corrected chi connectivity index (χ2v) is 3.34. The summed E-state index contributed by atoms with van der Waals surface area (Å²) in [4.78, 5) is 9.09. The average molecular weight is 241 g/mol. The molecular formula is C8H18Cl2N4. The van der Waals surface area contributed by atoms with Crippen LogP contribution in [0.1, 0.15) is 0 Å². The van der Waals surface area contributed by atoms with Gasteiger partial charge >= 0.3 is 0 Å². The predicted octanol–water partition coefficient (Wildman–Crippen LogP) is 0.0366. The van der Waals surface area contributed by atoms with Gasteiger partial charge < -0.3 is 15.1 Å². The van der Waals surface area contributed by atoms with Crippen molar-refractivity contribution in [3.05, 3.63) is 0 Å². The van der Waals surface area contributed by atoms with Crippen LogP contribution >= 0.6 is 24.8 Å². The van der Waals surface area contributed by atoms with E-state index in [1.165, 1.54) is 5.96 Å². The van der Waals surface area contributed by atoms with Gasteiger partial charge in [0.25, 0.3) is 0 Å². The van der Waals surface area contributed by atoms with Crippen molar-refractivity contribution in [2.75, 3.05) is 46.3 Å². The molecule has 0 bridgehead atoms. The molecule has 0 spiro atoms. The Balaban J connectivity index is 0.000000845. The summed E-state index contributed by atoms with van der Waals surface area (Å²) in [5.74, 6) is 1.19. The molecule has 4 nitrogen and oxygen atoms in total. The maximum Gasteiger partial charge on any atom is 0.196 e. The lowest BCUT2D eigenvalue weighted by atomic mass is 10.4. The second kappa shape index (κ2) is 6.32. The molecule has 0 aliphatic carbocycles. The number of nitrogens with one attached hydrogen (secondary N) is 1. The Labute approximate surface area is 97.6 Å². The summed E-state index contributed by atoms with van der Waals surface area (Å²) in [7, 11) is 2.12. The van der Waals surface area contributed by atoms with Crippen molar-refractivity contribution in [2.24, 2.45) is 4.99 Å². The van der Waals surface area contributed by atoms with Gasteiger partial charge in [0.1, 0.15) is 0 Å². The molecule has 0 radical (unpaired) electrons. The van der Waals surface area contributed by atoms with Crippen molar-refractivity contribution in [3.63, 3.8) is 0 Å². The molecule has 84 valence electrons. The fourth-order valence-corrected chi connectivity index (χ4v) is 1.73. The third-order valence-electron chi connectivity index (χ3n) is 2.43. The van der Waals surface area contributed by atoms with E-state index in [2.05, 4.69) is 27.2 Å². The zero-order chi connectivity index (χ0) is 8.39. The van der Waals surface area contributed by atoms with Gasteiger partial charge in [0.2, 0.25) is 0 Å². The highest BCUT2D eigenvalue weighted by molar-refractivity contribution is 5.85. The molecular weight excluding hydrogens is 223 g/mol. The lowest BCUT2D eigenvalue weighted by Crippen LogP contribution is -2.50. The minimum absolute atomic E-state index is 0. The van der Waals surface area contributed by atoms with E-state index in [1.807, 2.05) is 0 Å². The van der Waals surface area contributed by atoms with Crippen molar-refractivity contribution in [1.82, 2.24) is 15.1 Å². The van der Waals surface area contributed by atoms with E-state index in [4.69, 9.17) is 0 Å². The topological polar surface area (TPSA) is 30.9 Å². The normalized spacial score (nSPS) is 21.1. The number of nitrogens with zero attached hydrogens (tertiary/aromatic N) is 3. The summed E-state index contributed by atoms with van der Waals surface area (Å²) in [6, 6.07) is 0. The summed E-state index contributed by atoms with van der Waals surface area (Å²) < 4.78 is 0. The average Bonchev–Trinajstić information content (AvgIpc) is 2.53. The van der Waals surface area contributed by atoms with Gasteiger partial charge in [0, 0.05) is 39.8 Å². The molecule has 2 aliphatic heterocycles. The van der Waals surface area contributed by atoms with Crippen molar-refractivity contribution >= 4 is 30.8 Å². The Morgan fingerprint density at radius 3 is 2.29 bits per heavy atom. The first-order valence-electron chi connectivity index (χ1n) is 4.59. The van der Waals surface area contributed by atoms with Crippen molar-refractivity contribution in [3.8, 4) is 0 Å². The predicted molar refractivity (Wildman–Crippen MR) is 63.9 cm³/mol. The fraction of sp³-hybridized carbons (Fsp3) is 0.875. The highest BCUT2D eigenvalue weighted by Crippen LogP contribution is 2.04. The minimum atomic E-state index is 0. The van der Waals surface area contributed by atoms with E-state index in [1.54, 1.807) is 0 Å². The number of hydrogen-bond acceptors (Lipinski definition) is 4. The van der Waals surface area contributed by atoms with Crippen LogP contribution < -0.4 is 5.32 Å². The maximum absolute atomic E-state index is 4.48. The van der Waals surface area contributed by atoms with Gasteiger partial charge in [-0.05, 0) is 0 Å². The minimum Gasteiger partial charge on any atom is -0.344 e. The lowest BCUT2D eigenvalue weighted by molar-refractivity contribution is 0.322. The van der Waals surface area contributed by atoms with E-state index in [-0.39, 0.29) is 24.8 Å². The van der Waals surface area contributed by atoms with E-state index >= 15 is 0 Å². The zero-order valence-electron chi connectivity index (χ0n) is 8.40. The van der Waals surface area contributed by atoms with Gasteiger partial charge in [-0.1, -0.05) is 0 Å². The first-order chi connectivity index (χ1) is 5.88. The number of halogens is 2. The second-order valence-electron chi connectivity index (χ2n) is 3.34. The number of hydrogen-bond donors (Lipinski definition) is 1. The Kier molecular flexibility index (Phi) is 6.24. The van der Waals surface area contributed by atoms with Gasteiger partial charge in [-0.25, -0.2) is 0 Å². The largest absolute Gasteiger partial charge is 0.344 e. The van der Waals surface area contributed by atoms with Crippen LogP contribution in [0.5, 0.6) is 0 Å². The number of aliphatic imine (C=N–C) groups is 1. The number of guanidine groups is 1. The van der Waals surface area contributed by atoms with Gasteiger partial charge in [-0.3, -0.25) is 4.99 Å². The van der Waals surface area contributed by atoms with Crippen LogP contribution in [0.15, 0.2) is 4.99 Å². The molecule has 0 saturated carbocycles. The zero-order valence-corrected chi connectivity index (χ0v) is 10.0. The summed E-state index contributed by atoms with van der Waals surface area (Å²) >= 11 is 0. The first kappa shape index (κ1) is 13.8. The van der Waals surface area contributed by atoms with Crippen LogP contribution in [0.3, 0.4) is 0 Å². The van der Waals surface area contributed by atoms with Gasteiger partial charge in [-0.2, -0.15) is 0 Å². The Morgan fingerprint density at radius 1 is 1.14 bits per heavy atom. The van der Waals surface area contributed by atoms with Gasteiger partial charge in [0.15, 0.2) is 5.96 Å². The molecule has 1 fully saturated rings. The molecule has 1 N–H and O–H groups in total. The van der Waals surface area contributed by atoms with E-state index in [0.29, 0.717) is 0 Å². The monoisotopic (exact) mass is 240 g/mol. The van der Waals surface area contributed by atoms with Crippen LogP contribution in [0.2, 0.25) is 0 Å². The van der Waals surface area contributed by atoms with Crippen LogP contribution in [-0.4, -0.2) is 62.1 Å². The summed E-state index contributed by atoms with van der Waals surface area (Å²) in [5, 5.41) is 3.34. The molecule has 2 aliphatic rings. The SMILES string of the molecule is CN1CCN=C1N1CCNCC1.Cl.Cl. The molecule has 14 heavy (non-hydrogen) atoms. The smallest absolute Gasteiger partial charge is 0.196 e. The Bertz CT molecular complexity index is 192. The molecule has 0 atom stereocenters. The van der Waals surface area contributed by atoms with Crippen LogP contribution in [0.4, 0.5) is 0 Å². The van der Waals surface area contributed by atoms with Crippen molar-refractivity contribution < 1.29 is 0 Å². The molecule has 0 unspecified atom stereocenters. The van der Waals surface area contributed by atoms with Crippen molar-refractivity contribution in [2.45, 2.75) is 0 Å². The first-order valence-corrected chi connectivity index (χ1v) is 4.59. The third-order valence-corrected chi connectivity index (χ3v) is 2.43. The molecule has 6 heteroatoms. The molecule has 0 aromatic heterocycles. The molecule has 1 saturated heterocycles. The molecule has 0 aromatic carbocycles. The molecule has 2 heterocycles. The van der Waals surface area contributed by atoms with Gasteiger partial charge in [-0.15, -0.1) is 24.8 Å². The number of likely N-dealkylation sites (N-methyl/N-ethyl adjacent to an activating group) is 1. The fourth-order valence-electron chi connectivity index (χ4n) is 1.73.